The van der Waals surface area contributed by atoms with Crippen LogP contribution < -0.4 is 5.32 Å². The van der Waals surface area contributed by atoms with Crippen molar-refractivity contribution in [3.63, 3.8) is 0 Å². The number of aromatic nitrogens is 1. The summed E-state index contributed by atoms with van der Waals surface area (Å²) in [6.45, 7) is 4.35. The van der Waals surface area contributed by atoms with Crippen molar-refractivity contribution in [3.05, 3.63) is 23.3 Å². The van der Waals surface area contributed by atoms with Gasteiger partial charge in [-0.1, -0.05) is 12.8 Å². The number of fused-ring (bicyclic) bond motifs is 1. The Morgan fingerprint density at radius 3 is 2.71 bits per heavy atom. The van der Waals surface area contributed by atoms with Crippen LogP contribution in [0.15, 0.2) is 18.5 Å². The van der Waals surface area contributed by atoms with Gasteiger partial charge in [0.2, 0.25) is 0 Å². The van der Waals surface area contributed by atoms with E-state index < -0.39 is 0 Å². The maximum Gasteiger partial charge on any atom is 0.261 e. The van der Waals surface area contributed by atoms with Crippen molar-refractivity contribution >= 4 is 27.3 Å². The number of nitrogens with zero attached hydrogens (tertiary/aromatic N) is 2. The molecule has 130 valence electrons. The molecule has 0 unspecified atom stereocenters. The Morgan fingerprint density at radius 1 is 1.17 bits per heavy atom. The Kier molecular flexibility index (Phi) is 4.90. The Balaban J connectivity index is 1.30. The van der Waals surface area contributed by atoms with Crippen LogP contribution in [0.4, 0.5) is 0 Å². The molecule has 1 saturated carbocycles. The molecule has 5 heteroatoms. The SMILES string of the molecule is O=C(NCCCN1CCCC1)c1cc2cn(C3CCCC3)cc2s1. The predicted molar refractivity (Wildman–Crippen MR) is 99.9 cm³/mol. The first kappa shape index (κ1) is 16.2. The van der Waals surface area contributed by atoms with Crippen LogP contribution in [0.1, 0.15) is 60.7 Å². The third-order valence-corrected chi connectivity index (χ3v) is 6.54. The van der Waals surface area contributed by atoms with Gasteiger partial charge in [-0.2, -0.15) is 0 Å². The maximum absolute atomic E-state index is 12.3. The van der Waals surface area contributed by atoms with Gasteiger partial charge in [-0.25, -0.2) is 0 Å². The molecule has 4 rings (SSSR count). The number of thiophene rings is 1. The molecular weight excluding hydrogens is 318 g/mol. The largest absolute Gasteiger partial charge is 0.351 e. The molecule has 2 fully saturated rings. The number of carbonyl (C=O) groups is 1. The number of nitrogens with one attached hydrogen (secondary N) is 1. The van der Waals surface area contributed by atoms with E-state index in [1.54, 1.807) is 11.3 Å². The molecule has 3 heterocycles. The van der Waals surface area contributed by atoms with E-state index >= 15 is 0 Å². The average molecular weight is 346 g/mol. The lowest BCUT2D eigenvalue weighted by molar-refractivity contribution is 0.0956. The Morgan fingerprint density at radius 2 is 1.96 bits per heavy atom. The summed E-state index contributed by atoms with van der Waals surface area (Å²) >= 11 is 1.63. The van der Waals surface area contributed by atoms with Crippen LogP contribution in [-0.4, -0.2) is 41.6 Å². The van der Waals surface area contributed by atoms with Gasteiger partial charge in [-0.3, -0.25) is 4.79 Å². The van der Waals surface area contributed by atoms with Gasteiger partial charge in [-0.15, -0.1) is 11.3 Å². The van der Waals surface area contributed by atoms with E-state index in [2.05, 4.69) is 33.2 Å². The van der Waals surface area contributed by atoms with Gasteiger partial charge in [0.15, 0.2) is 0 Å². The van der Waals surface area contributed by atoms with Gasteiger partial charge in [0.25, 0.3) is 5.91 Å². The van der Waals surface area contributed by atoms with Crippen LogP contribution in [-0.2, 0) is 0 Å². The van der Waals surface area contributed by atoms with Gasteiger partial charge < -0.3 is 14.8 Å². The van der Waals surface area contributed by atoms with E-state index in [9.17, 15) is 4.79 Å². The highest BCUT2D eigenvalue weighted by Gasteiger charge is 2.18. The third kappa shape index (κ3) is 3.52. The van der Waals surface area contributed by atoms with E-state index in [4.69, 9.17) is 0 Å². The molecule has 1 N–H and O–H groups in total. The van der Waals surface area contributed by atoms with Crippen LogP contribution in [0, 0.1) is 0 Å². The second-order valence-electron chi connectivity index (χ2n) is 7.23. The number of hydrogen-bond donors (Lipinski definition) is 1. The van der Waals surface area contributed by atoms with E-state index in [1.165, 1.54) is 61.7 Å². The molecule has 0 atom stereocenters. The molecule has 0 bridgehead atoms. The van der Waals surface area contributed by atoms with Gasteiger partial charge in [0.1, 0.15) is 0 Å². The fraction of sp³-hybridized carbons (Fsp3) is 0.632. The zero-order valence-corrected chi connectivity index (χ0v) is 15.1. The lowest BCUT2D eigenvalue weighted by atomic mass is 10.2. The monoisotopic (exact) mass is 345 g/mol. The molecule has 2 aromatic heterocycles. The zero-order chi connectivity index (χ0) is 16.4. The lowest BCUT2D eigenvalue weighted by Crippen LogP contribution is -2.28. The van der Waals surface area contributed by atoms with Crippen LogP contribution in [0.25, 0.3) is 10.1 Å². The van der Waals surface area contributed by atoms with E-state index in [0.29, 0.717) is 6.04 Å². The molecule has 4 nitrogen and oxygen atoms in total. The molecule has 1 aliphatic heterocycles. The van der Waals surface area contributed by atoms with Crippen molar-refractivity contribution in [2.75, 3.05) is 26.2 Å². The molecule has 2 aromatic rings. The second-order valence-corrected chi connectivity index (χ2v) is 8.32. The first-order chi connectivity index (χ1) is 11.8. The number of rotatable bonds is 6. The molecule has 1 saturated heterocycles. The average Bonchev–Trinajstić information content (AvgIpc) is 3.35. The van der Waals surface area contributed by atoms with E-state index in [-0.39, 0.29) is 5.91 Å². The normalized spacial score (nSPS) is 19.5. The van der Waals surface area contributed by atoms with Crippen LogP contribution in [0.5, 0.6) is 0 Å². The van der Waals surface area contributed by atoms with E-state index in [1.807, 2.05) is 0 Å². The first-order valence-corrected chi connectivity index (χ1v) is 10.2. The second kappa shape index (κ2) is 7.28. The van der Waals surface area contributed by atoms with Crippen LogP contribution in [0.3, 0.4) is 0 Å². The zero-order valence-electron chi connectivity index (χ0n) is 14.3. The summed E-state index contributed by atoms with van der Waals surface area (Å²) < 4.78 is 3.61. The van der Waals surface area contributed by atoms with Crippen molar-refractivity contribution < 1.29 is 4.79 Å². The number of hydrogen-bond acceptors (Lipinski definition) is 3. The van der Waals surface area contributed by atoms with Gasteiger partial charge >= 0.3 is 0 Å². The van der Waals surface area contributed by atoms with Crippen molar-refractivity contribution in [1.82, 2.24) is 14.8 Å². The first-order valence-electron chi connectivity index (χ1n) is 9.41. The molecule has 0 radical (unpaired) electrons. The van der Waals surface area contributed by atoms with Gasteiger partial charge in [0.05, 0.1) is 9.58 Å². The Bertz CT molecular complexity index is 661. The summed E-state index contributed by atoms with van der Waals surface area (Å²) in [6.07, 6.45) is 13.5. The summed E-state index contributed by atoms with van der Waals surface area (Å²) in [7, 11) is 0. The minimum absolute atomic E-state index is 0.0880. The molecule has 1 aliphatic carbocycles. The highest BCUT2D eigenvalue weighted by Crippen LogP contribution is 2.34. The van der Waals surface area contributed by atoms with Gasteiger partial charge in [-0.05, 0) is 57.8 Å². The molecular formula is C19H27N3OS. The number of likely N-dealkylation sites (tertiary alicyclic amines) is 1. The summed E-state index contributed by atoms with van der Waals surface area (Å²) in [6, 6.07) is 2.73. The molecule has 24 heavy (non-hydrogen) atoms. The summed E-state index contributed by atoms with van der Waals surface area (Å²) in [4.78, 5) is 15.7. The van der Waals surface area contributed by atoms with Crippen molar-refractivity contribution in [2.45, 2.75) is 51.0 Å². The van der Waals surface area contributed by atoms with Crippen LogP contribution in [0.2, 0.25) is 0 Å². The minimum Gasteiger partial charge on any atom is -0.351 e. The lowest BCUT2D eigenvalue weighted by Gasteiger charge is -2.14. The fourth-order valence-electron chi connectivity index (χ4n) is 4.08. The van der Waals surface area contributed by atoms with E-state index in [0.717, 1.165) is 24.4 Å². The van der Waals surface area contributed by atoms with Crippen molar-refractivity contribution in [3.8, 4) is 0 Å². The van der Waals surface area contributed by atoms with Gasteiger partial charge in [0, 0.05) is 30.4 Å². The van der Waals surface area contributed by atoms with Crippen LogP contribution >= 0.6 is 11.3 Å². The molecule has 0 aromatic carbocycles. The highest BCUT2D eigenvalue weighted by molar-refractivity contribution is 7.20. The summed E-state index contributed by atoms with van der Waals surface area (Å²) in [5.74, 6) is 0.0880. The molecule has 0 spiro atoms. The Hall–Kier alpha value is -1.33. The highest BCUT2D eigenvalue weighted by atomic mass is 32.1. The number of amides is 1. The standard InChI is InChI=1S/C19H27N3OS/c23-19(20-8-5-11-21-9-3-4-10-21)17-12-15-13-22(14-18(15)24-17)16-6-1-2-7-16/h12-14,16H,1-11H2,(H,20,23). The quantitative estimate of drug-likeness (QED) is 0.803. The maximum atomic E-state index is 12.3. The van der Waals surface area contributed by atoms with Crippen molar-refractivity contribution in [1.29, 1.82) is 0 Å². The summed E-state index contributed by atoms with van der Waals surface area (Å²) in [5, 5.41) is 4.30. The molecule has 1 amide bonds. The molecule has 2 aliphatic rings. The third-order valence-electron chi connectivity index (χ3n) is 5.45. The minimum atomic E-state index is 0.0880. The topological polar surface area (TPSA) is 37.3 Å². The Labute approximate surface area is 147 Å². The summed E-state index contributed by atoms with van der Waals surface area (Å²) in [5.41, 5.74) is 0. The predicted octanol–water partition coefficient (Wildman–Crippen LogP) is 4.03. The van der Waals surface area contributed by atoms with Crippen molar-refractivity contribution in [2.24, 2.45) is 0 Å². The number of carbonyl (C=O) groups excluding carboxylic acids is 1. The smallest absolute Gasteiger partial charge is 0.261 e. The fourth-order valence-corrected chi connectivity index (χ4v) is 5.07.